The molecular formula is C18H23BrN2. The monoisotopic (exact) mass is 346 g/mol. The Hall–Kier alpha value is -1.32. The van der Waals surface area contributed by atoms with Gasteiger partial charge in [0.1, 0.15) is 0 Å². The van der Waals surface area contributed by atoms with Gasteiger partial charge in [-0.1, -0.05) is 51.8 Å². The number of benzene rings is 2. The molecule has 2 aromatic rings. The van der Waals surface area contributed by atoms with E-state index in [9.17, 15) is 0 Å². The average Bonchev–Trinajstić information content (AvgIpc) is 2.43. The van der Waals surface area contributed by atoms with Crippen LogP contribution in [0.15, 0.2) is 46.9 Å². The first-order chi connectivity index (χ1) is 9.95. The topological polar surface area (TPSA) is 29.3 Å². The van der Waals surface area contributed by atoms with Crippen molar-refractivity contribution in [3.63, 3.8) is 0 Å². The summed E-state index contributed by atoms with van der Waals surface area (Å²) >= 11 is 3.57. The van der Waals surface area contributed by atoms with E-state index in [-0.39, 0.29) is 6.04 Å². The zero-order chi connectivity index (χ0) is 15.4. The van der Waals surface area contributed by atoms with Crippen LogP contribution in [0.1, 0.15) is 23.6 Å². The highest BCUT2D eigenvalue weighted by molar-refractivity contribution is 9.10. The van der Waals surface area contributed by atoms with Gasteiger partial charge in [-0.05, 0) is 43.5 Å². The predicted molar refractivity (Wildman–Crippen MR) is 94.8 cm³/mol. The molecule has 0 spiro atoms. The smallest absolute Gasteiger partial charge is 0.0426 e. The number of aryl methyl sites for hydroxylation is 1. The number of halogens is 1. The van der Waals surface area contributed by atoms with Crippen molar-refractivity contribution < 1.29 is 0 Å². The standard InChI is InChI=1S/C18H23BrN2/c1-13-4-6-15(7-5-13)12-21(3)18-11-17(19)9-8-16(18)10-14(2)20/h4-9,11,14H,10,12,20H2,1-3H3. The van der Waals surface area contributed by atoms with E-state index in [0.29, 0.717) is 0 Å². The Kier molecular flexibility index (Phi) is 5.43. The van der Waals surface area contributed by atoms with Crippen molar-refractivity contribution in [3.05, 3.63) is 63.6 Å². The highest BCUT2D eigenvalue weighted by Crippen LogP contribution is 2.26. The van der Waals surface area contributed by atoms with Gasteiger partial charge in [-0.25, -0.2) is 0 Å². The summed E-state index contributed by atoms with van der Waals surface area (Å²) in [4.78, 5) is 2.28. The van der Waals surface area contributed by atoms with E-state index >= 15 is 0 Å². The minimum Gasteiger partial charge on any atom is -0.370 e. The molecule has 0 saturated heterocycles. The van der Waals surface area contributed by atoms with E-state index in [1.807, 2.05) is 6.92 Å². The maximum absolute atomic E-state index is 5.97. The largest absolute Gasteiger partial charge is 0.370 e. The van der Waals surface area contributed by atoms with Gasteiger partial charge in [0.2, 0.25) is 0 Å². The lowest BCUT2D eigenvalue weighted by molar-refractivity contribution is 0.734. The van der Waals surface area contributed by atoms with Crippen molar-refractivity contribution in [3.8, 4) is 0 Å². The van der Waals surface area contributed by atoms with E-state index in [2.05, 4.69) is 77.3 Å². The Labute approximate surface area is 136 Å². The van der Waals surface area contributed by atoms with Crippen LogP contribution < -0.4 is 10.6 Å². The van der Waals surface area contributed by atoms with Gasteiger partial charge in [-0.3, -0.25) is 0 Å². The molecule has 0 fully saturated rings. The lowest BCUT2D eigenvalue weighted by atomic mass is 10.0. The molecule has 0 amide bonds. The lowest BCUT2D eigenvalue weighted by Gasteiger charge is -2.24. The average molecular weight is 347 g/mol. The fraction of sp³-hybridized carbons (Fsp3) is 0.333. The molecule has 21 heavy (non-hydrogen) atoms. The van der Waals surface area contributed by atoms with Crippen molar-refractivity contribution in [2.75, 3.05) is 11.9 Å². The van der Waals surface area contributed by atoms with Crippen molar-refractivity contribution >= 4 is 21.6 Å². The summed E-state index contributed by atoms with van der Waals surface area (Å²) in [5.74, 6) is 0. The molecule has 0 saturated carbocycles. The number of hydrogen-bond acceptors (Lipinski definition) is 2. The van der Waals surface area contributed by atoms with Crippen LogP contribution in [-0.4, -0.2) is 13.1 Å². The zero-order valence-corrected chi connectivity index (χ0v) is 14.5. The summed E-state index contributed by atoms with van der Waals surface area (Å²) < 4.78 is 1.10. The fourth-order valence-electron chi connectivity index (χ4n) is 2.46. The molecule has 0 aliphatic carbocycles. The maximum atomic E-state index is 5.97. The third-order valence-electron chi connectivity index (χ3n) is 3.54. The van der Waals surface area contributed by atoms with Gasteiger partial charge in [0.25, 0.3) is 0 Å². The van der Waals surface area contributed by atoms with Gasteiger partial charge < -0.3 is 10.6 Å². The van der Waals surface area contributed by atoms with E-state index < -0.39 is 0 Å². The first-order valence-electron chi connectivity index (χ1n) is 7.26. The van der Waals surface area contributed by atoms with Crippen LogP contribution in [0.25, 0.3) is 0 Å². The van der Waals surface area contributed by atoms with Gasteiger partial charge >= 0.3 is 0 Å². The first-order valence-corrected chi connectivity index (χ1v) is 8.05. The van der Waals surface area contributed by atoms with Crippen LogP contribution in [0.3, 0.4) is 0 Å². The van der Waals surface area contributed by atoms with Crippen LogP contribution in [0, 0.1) is 6.92 Å². The van der Waals surface area contributed by atoms with Gasteiger partial charge in [-0.15, -0.1) is 0 Å². The third-order valence-corrected chi connectivity index (χ3v) is 4.03. The number of nitrogens with two attached hydrogens (primary N) is 1. The third kappa shape index (κ3) is 4.58. The molecule has 2 aromatic carbocycles. The van der Waals surface area contributed by atoms with Crippen LogP contribution in [0.2, 0.25) is 0 Å². The minimum absolute atomic E-state index is 0.165. The molecule has 2 rings (SSSR count). The van der Waals surface area contributed by atoms with Crippen LogP contribution >= 0.6 is 15.9 Å². The normalized spacial score (nSPS) is 12.2. The maximum Gasteiger partial charge on any atom is 0.0426 e. The molecule has 0 heterocycles. The molecule has 0 aromatic heterocycles. The Morgan fingerprint density at radius 1 is 1.14 bits per heavy atom. The van der Waals surface area contributed by atoms with Gasteiger partial charge in [0.05, 0.1) is 0 Å². The van der Waals surface area contributed by atoms with Gasteiger partial charge in [0, 0.05) is 29.8 Å². The molecule has 0 bridgehead atoms. The summed E-state index contributed by atoms with van der Waals surface area (Å²) in [5, 5.41) is 0. The van der Waals surface area contributed by atoms with Crippen LogP contribution in [-0.2, 0) is 13.0 Å². The van der Waals surface area contributed by atoms with Crippen LogP contribution in [0.4, 0.5) is 5.69 Å². The first kappa shape index (κ1) is 16.1. The second-order valence-corrected chi connectivity index (χ2v) is 6.71. The molecule has 3 heteroatoms. The molecular weight excluding hydrogens is 324 g/mol. The van der Waals surface area contributed by atoms with Gasteiger partial charge in [-0.2, -0.15) is 0 Å². The summed E-state index contributed by atoms with van der Waals surface area (Å²) in [6.07, 6.45) is 0.890. The second-order valence-electron chi connectivity index (χ2n) is 5.80. The van der Waals surface area contributed by atoms with E-state index in [0.717, 1.165) is 17.4 Å². The van der Waals surface area contributed by atoms with Crippen molar-refractivity contribution in [2.45, 2.75) is 32.9 Å². The Balaban J connectivity index is 2.22. The molecule has 0 radical (unpaired) electrons. The zero-order valence-electron chi connectivity index (χ0n) is 12.9. The quantitative estimate of drug-likeness (QED) is 0.875. The van der Waals surface area contributed by atoms with E-state index in [1.54, 1.807) is 0 Å². The summed E-state index contributed by atoms with van der Waals surface area (Å²) in [6.45, 7) is 5.05. The van der Waals surface area contributed by atoms with Gasteiger partial charge in [0.15, 0.2) is 0 Å². The molecule has 2 N–H and O–H groups in total. The number of rotatable bonds is 5. The minimum atomic E-state index is 0.165. The predicted octanol–water partition coefficient (Wildman–Crippen LogP) is 4.28. The second kappa shape index (κ2) is 7.10. The van der Waals surface area contributed by atoms with E-state index in [4.69, 9.17) is 5.73 Å². The van der Waals surface area contributed by atoms with Crippen molar-refractivity contribution in [1.82, 2.24) is 0 Å². The Morgan fingerprint density at radius 2 is 1.81 bits per heavy atom. The molecule has 0 aliphatic heterocycles. The molecule has 1 unspecified atom stereocenters. The molecule has 2 nitrogen and oxygen atoms in total. The summed E-state index contributed by atoms with van der Waals surface area (Å²) in [6, 6.07) is 15.3. The molecule has 1 atom stereocenters. The van der Waals surface area contributed by atoms with Crippen molar-refractivity contribution in [1.29, 1.82) is 0 Å². The number of anilines is 1. The van der Waals surface area contributed by atoms with E-state index in [1.165, 1.54) is 22.4 Å². The lowest BCUT2D eigenvalue weighted by Crippen LogP contribution is -2.22. The van der Waals surface area contributed by atoms with Crippen molar-refractivity contribution in [2.24, 2.45) is 5.73 Å². The highest BCUT2D eigenvalue weighted by Gasteiger charge is 2.10. The highest BCUT2D eigenvalue weighted by atomic mass is 79.9. The SMILES string of the molecule is Cc1ccc(CN(C)c2cc(Br)ccc2CC(C)N)cc1. The fourth-order valence-corrected chi connectivity index (χ4v) is 2.81. The number of nitrogens with zero attached hydrogens (tertiary/aromatic N) is 1. The van der Waals surface area contributed by atoms with Crippen LogP contribution in [0.5, 0.6) is 0 Å². The number of hydrogen-bond donors (Lipinski definition) is 1. The summed E-state index contributed by atoms with van der Waals surface area (Å²) in [5.41, 5.74) is 11.1. The Morgan fingerprint density at radius 3 is 2.43 bits per heavy atom. The molecule has 112 valence electrons. The molecule has 0 aliphatic rings. The Bertz CT molecular complexity index is 591. The summed E-state index contributed by atoms with van der Waals surface area (Å²) in [7, 11) is 2.13.